The fourth-order valence-electron chi connectivity index (χ4n) is 5.70. The van der Waals surface area contributed by atoms with E-state index in [2.05, 4.69) is 26.7 Å². The van der Waals surface area contributed by atoms with Crippen LogP contribution in [0.1, 0.15) is 30.5 Å². The van der Waals surface area contributed by atoms with E-state index in [0.29, 0.717) is 5.92 Å². The molecule has 3 heterocycles. The lowest BCUT2D eigenvalue weighted by atomic mass is 9.67. The SMILES string of the molecule is CN1CCN(c2nccc(CN3CC4CCCC(O)(c5ccc(F)cc5)C4C3)n2)CC1.Cl. The smallest absolute Gasteiger partial charge is 0.225 e. The van der Waals surface area contributed by atoms with Crippen LogP contribution in [0.5, 0.6) is 0 Å². The molecule has 1 aliphatic carbocycles. The van der Waals surface area contributed by atoms with Gasteiger partial charge < -0.3 is 14.9 Å². The van der Waals surface area contributed by atoms with Gasteiger partial charge >= 0.3 is 0 Å². The average Bonchev–Trinajstić information content (AvgIpc) is 3.19. The van der Waals surface area contributed by atoms with Gasteiger partial charge in [-0.15, -0.1) is 12.4 Å². The molecule has 1 saturated carbocycles. The fourth-order valence-corrected chi connectivity index (χ4v) is 5.70. The summed E-state index contributed by atoms with van der Waals surface area (Å²) in [5, 5.41) is 11.6. The molecule has 0 bridgehead atoms. The summed E-state index contributed by atoms with van der Waals surface area (Å²) in [6.45, 7) is 6.57. The third-order valence-electron chi connectivity index (χ3n) is 7.48. The van der Waals surface area contributed by atoms with Crippen molar-refractivity contribution in [2.45, 2.75) is 31.4 Å². The molecule has 3 aliphatic rings. The van der Waals surface area contributed by atoms with Crippen LogP contribution in [0.15, 0.2) is 36.5 Å². The van der Waals surface area contributed by atoms with E-state index in [-0.39, 0.29) is 24.1 Å². The molecule has 5 rings (SSSR count). The van der Waals surface area contributed by atoms with Gasteiger partial charge in [-0.05, 0) is 56.0 Å². The van der Waals surface area contributed by atoms with Gasteiger partial charge in [0.25, 0.3) is 0 Å². The Bertz CT molecular complexity index is 908. The van der Waals surface area contributed by atoms with Gasteiger partial charge in [0.15, 0.2) is 0 Å². The molecule has 8 heteroatoms. The number of piperazine rings is 1. The third kappa shape index (κ3) is 4.62. The first kappa shape index (κ1) is 23.4. The largest absolute Gasteiger partial charge is 0.385 e. The minimum atomic E-state index is -0.873. The summed E-state index contributed by atoms with van der Waals surface area (Å²) < 4.78 is 13.4. The molecule has 2 aliphatic heterocycles. The number of fused-ring (bicyclic) bond motifs is 1. The molecule has 0 radical (unpaired) electrons. The molecule has 174 valence electrons. The lowest BCUT2D eigenvalue weighted by Gasteiger charge is -2.41. The Labute approximate surface area is 195 Å². The van der Waals surface area contributed by atoms with Gasteiger partial charge in [0.2, 0.25) is 5.95 Å². The molecular weight excluding hydrogens is 429 g/mol. The first-order valence-electron chi connectivity index (χ1n) is 11.5. The molecule has 1 N–H and O–H groups in total. The van der Waals surface area contributed by atoms with E-state index < -0.39 is 5.60 Å². The summed E-state index contributed by atoms with van der Waals surface area (Å²) in [7, 11) is 2.15. The molecule has 3 atom stereocenters. The zero-order valence-electron chi connectivity index (χ0n) is 18.7. The second kappa shape index (κ2) is 9.59. The van der Waals surface area contributed by atoms with Crippen molar-refractivity contribution < 1.29 is 9.50 Å². The predicted octanol–water partition coefficient (Wildman–Crippen LogP) is 2.91. The molecule has 0 spiro atoms. The van der Waals surface area contributed by atoms with Gasteiger partial charge in [0.05, 0.1) is 11.3 Å². The van der Waals surface area contributed by atoms with Crippen molar-refractivity contribution in [3.63, 3.8) is 0 Å². The van der Waals surface area contributed by atoms with Crippen LogP contribution in [0.25, 0.3) is 0 Å². The maximum absolute atomic E-state index is 13.4. The average molecular weight is 462 g/mol. The number of aliphatic hydroxyl groups is 1. The highest BCUT2D eigenvalue weighted by Crippen LogP contribution is 2.48. The topological polar surface area (TPSA) is 55.7 Å². The second-order valence-corrected chi connectivity index (χ2v) is 9.52. The van der Waals surface area contributed by atoms with E-state index >= 15 is 0 Å². The summed E-state index contributed by atoms with van der Waals surface area (Å²) in [6.07, 6.45) is 4.76. The van der Waals surface area contributed by atoms with Gasteiger partial charge in [-0.25, -0.2) is 14.4 Å². The lowest BCUT2D eigenvalue weighted by Crippen LogP contribution is -2.45. The molecule has 1 aromatic heterocycles. The zero-order valence-corrected chi connectivity index (χ0v) is 19.5. The number of aromatic nitrogens is 2. The van der Waals surface area contributed by atoms with Crippen LogP contribution in [0, 0.1) is 17.7 Å². The van der Waals surface area contributed by atoms with Gasteiger partial charge in [-0.2, -0.15) is 0 Å². The molecular formula is C24H33ClFN5O. The molecule has 1 aromatic carbocycles. The van der Waals surface area contributed by atoms with Crippen molar-refractivity contribution in [3.05, 3.63) is 53.6 Å². The normalized spacial score (nSPS) is 28.9. The maximum atomic E-state index is 13.4. The summed E-state index contributed by atoms with van der Waals surface area (Å²) in [5.41, 5.74) is 1.01. The molecule has 32 heavy (non-hydrogen) atoms. The fraction of sp³-hybridized carbons (Fsp3) is 0.583. The van der Waals surface area contributed by atoms with Crippen LogP contribution in [0.3, 0.4) is 0 Å². The Balaban J connectivity index is 0.00000245. The Morgan fingerprint density at radius 3 is 2.59 bits per heavy atom. The van der Waals surface area contributed by atoms with Crippen molar-refractivity contribution in [3.8, 4) is 0 Å². The minimum Gasteiger partial charge on any atom is -0.385 e. The van der Waals surface area contributed by atoms with Crippen molar-refractivity contribution in [1.29, 1.82) is 0 Å². The highest BCUT2D eigenvalue weighted by molar-refractivity contribution is 5.85. The summed E-state index contributed by atoms with van der Waals surface area (Å²) in [6, 6.07) is 8.45. The number of benzene rings is 1. The third-order valence-corrected chi connectivity index (χ3v) is 7.48. The van der Waals surface area contributed by atoms with Crippen molar-refractivity contribution in [2.75, 3.05) is 51.2 Å². The first-order chi connectivity index (χ1) is 15.0. The molecule has 0 amide bonds. The maximum Gasteiger partial charge on any atom is 0.225 e. The van der Waals surface area contributed by atoms with Crippen LogP contribution >= 0.6 is 12.4 Å². The van der Waals surface area contributed by atoms with Crippen molar-refractivity contribution in [1.82, 2.24) is 19.8 Å². The van der Waals surface area contributed by atoms with E-state index in [4.69, 9.17) is 4.98 Å². The second-order valence-electron chi connectivity index (χ2n) is 9.52. The van der Waals surface area contributed by atoms with Gasteiger partial charge in [-0.3, -0.25) is 4.90 Å². The van der Waals surface area contributed by atoms with Crippen LogP contribution < -0.4 is 4.90 Å². The molecule has 3 fully saturated rings. The highest BCUT2D eigenvalue weighted by Gasteiger charge is 2.49. The highest BCUT2D eigenvalue weighted by atomic mass is 35.5. The van der Waals surface area contributed by atoms with Crippen molar-refractivity contribution >= 4 is 18.4 Å². The van der Waals surface area contributed by atoms with E-state index in [9.17, 15) is 9.50 Å². The summed E-state index contributed by atoms with van der Waals surface area (Å²) in [5.74, 6) is 1.20. The summed E-state index contributed by atoms with van der Waals surface area (Å²) in [4.78, 5) is 16.4. The summed E-state index contributed by atoms with van der Waals surface area (Å²) >= 11 is 0. The Kier molecular flexibility index (Phi) is 7.00. The van der Waals surface area contributed by atoms with E-state index in [1.807, 2.05) is 12.3 Å². The number of likely N-dealkylation sites (N-methyl/N-ethyl adjacent to an activating group) is 1. The van der Waals surface area contributed by atoms with Crippen LogP contribution in [-0.4, -0.2) is 71.2 Å². The Morgan fingerprint density at radius 2 is 1.84 bits per heavy atom. The zero-order chi connectivity index (χ0) is 21.4. The Morgan fingerprint density at radius 1 is 1.09 bits per heavy atom. The van der Waals surface area contributed by atoms with Crippen LogP contribution in [-0.2, 0) is 12.1 Å². The molecule has 6 nitrogen and oxygen atoms in total. The number of rotatable bonds is 4. The van der Waals surface area contributed by atoms with Gasteiger partial charge in [0.1, 0.15) is 5.82 Å². The number of nitrogens with zero attached hydrogens (tertiary/aromatic N) is 5. The van der Waals surface area contributed by atoms with Gasteiger partial charge in [0, 0.05) is 57.9 Å². The quantitative estimate of drug-likeness (QED) is 0.755. The van der Waals surface area contributed by atoms with E-state index in [1.54, 1.807) is 12.1 Å². The van der Waals surface area contributed by atoms with Crippen LogP contribution in [0.2, 0.25) is 0 Å². The van der Waals surface area contributed by atoms with Crippen molar-refractivity contribution in [2.24, 2.45) is 11.8 Å². The minimum absolute atomic E-state index is 0. The van der Waals surface area contributed by atoms with E-state index in [1.165, 1.54) is 12.1 Å². The number of anilines is 1. The Hall–Kier alpha value is -1.80. The van der Waals surface area contributed by atoms with Gasteiger partial charge in [-0.1, -0.05) is 12.1 Å². The van der Waals surface area contributed by atoms with E-state index in [0.717, 1.165) is 82.3 Å². The molecule has 3 unspecified atom stereocenters. The number of hydrogen-bond donors (Lipinski definition) is 1. The number of halogens is 2. The monoisotopic (exact) mass is 461 g/mol. The lowest BCUT2D eigenvalue weighted by molar-refractivity contribution is -0.0649. The standard InChI is InChI=1S/C24H32FN5O.ClH/c1-28-11-13-30(14-12-28)23-26-10-8-21(27-23)16-29-15-18-3-2-9-24(31,22(18)17-29)19-4-6-20(25)7-5-19;/h4-8,10,18,22,31H,2-3,9,11-17H2,1H3;1H. The first-order valence-corrected chi connectivity index (χ1v) is 11.5. The number of likely N-dealkylation sites (tertiary alicyclic amines) is 1. The number of hydrogen-bond acceptors (Lipinski definition) is 6. The molecule has 2 saturated heterocycles. The van der Waals surface area contributed by atoms with Crippen LogP contribution in [0.4, 0.5) is 10.3 Å². The molecule has 2 aromatic rings. The predicted molar refractivity (Wildman–Crippen MR) is 125 cm³/mol.